The van der Waals surface area contributed by atoms with Gasteiger partial charge in [-0.05, 0) is 0 Å². The molecule has 0 fully saturated rings. The quantitative estimate of drug-likeness (QED) is 0.474. The molecule has 0 saturated heterocycles. The predicted molar refractivity (Wildman–Crippen MR) is 43.2 cm³/mol. The van der Waals surface area contributed by atoms with E-state index in [0.29, 0.717) is 0 Å². The molecule has 1 aliphatic carbocycles. The first-order chi connectivity index (χ1) is 4.89. The van der Waals surface area contributed by atoms with Crippen LogP contribution in [0.15, 0.2) is 10.1 Å². The van der Waals surface area contributed by atoms with E-state index in [2.05, 4.69) is 0 Å². The number of ketones is 2. The third kappa shape index (κ3) is 1.18. The van der Waals surface area contributed by atoms with Crippen LogP contribution >= 0.6 is 46.4 Å². The van der Waals surface area contributed by atoms with Crippen LogP contribution < -0.4 is 0 Å². The van der Waals surface area contributed by atoms with Crippen LogP contribution in [0.25, 0.3) is 0 Å². The molecule has 0 aromatic rings. The largest absolute Gasteiger partial charge is 0.287 e. The first-order valence-electron chi connectivity index (χ1n) is 2.41. The van der Waals surface area contributed by atoms with Gasteiger partial charge in [-0.1, -0.05) is 46.4 Å². The standard InChI is InChI=1S/C5Cl4O2/c6-1-2(10)4(11)5(8,9)3(1)7. The number of rotatable bonds is 0. The number of Topliss-reactive ketones (excluding diaryl/α,β-unsaturated/α-hetero) is 2. The SMILES string of the molecule is O=C1C(=O)C(Cl)(Cl)C(Cl)=C1Cl. The van der Waals surface area contributed by atoms with Gasteiger partial charge in [0.1, 0.15) is 5.03 Å². The molecule has 0 spiro atoms. The topological polar surface area (TPSA) is 34.1 Å². The van der Waals surface area contributed by atoms with E-state index in [0.717, 1.165) is 0 Å². The third-order valence-electron chi connectivity index (χ3n) is 1.16. The Hall–Kier alpha value is 0.240. The van der Waals surface area contributed by atoms with Gasteiger partial charge in [-0.15, -0.1) is 0 Å². The maximum Gasteiger partial charge on any atom is 0.245 e. The molecule has 0 aliphatic heterocycles. The third-order valence-corrected chi connectivity index (χ3v) is 3.00. The van der Waals surface area contributed by atoms with Gasteiger partial charge in [0.05, 0.1) is 5.03 Å². The van der Waals surface area contributed by atoms with Crippen molar-refractivity contribution in [2.45, 2.75) is 4.33 Å². The molecule has 0 bridgehead atoms. The van der Waals surface area contributed by atoms with Crippen molar-refractivity contribution in [1.82, 2.24) is 0 Å². The summed E-state index contributed by atoms with van der Waals surface area (Å²) in [6.07, 6.45) is 0. The molecule has 0 aromatic heterocycles. The van der Waals surface area contributed by atoms with Crippen molar-refractivity contribution < 1.29 is 9.59 Å². The van der Waals surface area contributed by atoms with E-state index in [1.807, 2.05) is 0 Å². The Morgan fingerprint density at radius 2 is 1.55 bits per heavy atom. The van der Waals surface area contributed by atoms with Crippen LogP contribution in [-0.4, -0.2) is 15.9 Å². The summed E-state index contributed by atoms with van der Waals surface area (Å²) in [5.41, 5.74) is 0. The minimum absolute atomic E-state index is 0.322. The van der Waals surface area contributed by atoms with Crippen LogP contribution in [-0.2, 0) is 9.59 Å². The maximum atomic E-state index is 10.8. The minimum atomic E-state index is -1.98. The van der Waals surface area contributed by atoms with Crippen molar-refractivity contribution >= 4 is 58.0 Å². The summed E-state index contributed by atoms with van der Waals surface area (Å²) in [5, 5.41) is -0.723. The Balaban J connectivity index is 3.27. The number of hydrogen-bond acceptors (Lipinski definition) is 2. The lowest BCUT2D eigenvalue weighted by molar-refractivity contribution is -0.133. The van der Waals surface area contributed by atoms with E-state index in [4.69, 9.17) is 46.4 Å². The zero-order valence-electron chi connectivity index (χ0n) is 4.83. The Kier molecular flexibility index (Phi) is 2.23. The monoisotopic (exact) mass is 232 g/mol. The maximum absolute atomic E-state index is 10.8. The van der Waals surface area contributed by atoms with Crippen LogP contribution in [0.3, 0.4) is 0 Å². The lowest BCUT2D eigenvalue weighted by Crippen LogP contribution is -2.25. The summed E-state index contributed by atoms with van der Waals surface area (Å²) in [5.74, 6) is -1.95. The number of carbonyl (C=O) groups is 2. The molecular weight excluding hydrogens is 234 g/mol. The molecule has 1 aliphatic rings. The lowest BCUT2D eigenvalue weighted by atomic mass is 10.3. The zero-order chi connectivity index (χ0) is 8.81. The Bertz CT molecular complexity index is 278. The van der Waals surface area contributed by atoms with Crippen LogP contribution in [0.2, 0.25) is 0 Å². The average Bonchev–Trinajstić information content (AvgIpc) is 2.06. The zero-order valence-corrected chi connectivity index (χ0v) is 7.85. The highest BCUT2D eigenvalue weighted by Crippen LogP contribution is 2.43. The number of halogens is 4. The molecule has 0 N–H and O–H groups in total. The highest BCUT2D eigenvalue weighted by atomic mass is 35.5. The second kappa shape index (κ2) is 2.63. The minimum Gasteiger partial charge on any atom is -0.287 e. The van der Waals surface area contributed by atoms with Crippen LogP contribution in [0, 0.1) is 0 Å². The molecule has 11 heavy (non-hydrogen) atoms. The summed E-state index contributed by atoms with van der Waals surface area (Å²) in [7, 11) is 0. The van der Waals surface area contributed by atoms with Crippen molar-refractivity contribution in [1.29, 1.82) is 0 Å². The first kappa shape index (κ1) is 9.33. The molecular formula is C5Cl4O2. The molecule has 0 aromatic carbocycles. The number of carbonyl (C=O) groups excluding carboxylic acids is 2. The number of allylic oxidation sites excluding steroid dienone is 2. The smallest absolute Gasteiger partial charge is 0.245 e. The fourth-order valence-electron chi connectivity index (χ4n) is 0.579. The van der Waals surface area contributed by atoms with Crippen LogP contribution in [0.4, 0.5) is 0 Å². The van der Waals surface area contributed by atoms with Gasteiger partial charge in [-0.25, -0.2) is 0 Å². The molecule has 60 valence electrons. The Labute approximate surface area is 82.0 Å². The van der Waals surface area contributed by atoms with Crippen molar-refractivity contribution in [3.8, 4) is 0 Å². The van der Waals surface area contributed by atoms with Crippen molar-refractivity contribution in [2.24, 2.45) is 0 Å². The molecule has 0 amide bonds. The number of alkyl halides is 2. The molecule has 0 radical (unpaired) electrons. The molecule has 2 nitrogen and oxygen atoms in total. The molecule has 1 rings (SSSR count). The normalized spacial score (nSPS) is 23.3. The Morgan fingerprint density at radius 3 is 1.64 bits per heavy atom. The summed E-state index contributed by atoms with van der Waals surface area (Å²) < 4.78 is -1.98. The van der Waals surface area contributed by atoms with Crippen molar-refractivity contribution in [3.05, 3.63) is 10.1 Å². The average molecular weight is 234 g/mol. The highest BCUT2D eigenvalue weighted by Gasteiger charge is 2.50. The van der Waals surface area contributed by atoms with Gasteiger partial charge < -0.3 is 0 Å². The van der Waals surface area contributed by atoms with E-state index >= 15 is 0 Å². The first-order valence-corrected chi connectivity index (χ1v) is 3.93. The molecule has 0 atom stereocenters. The van der Waals surface area contributed by atoms with E-state index in [1.54, 1.807) is 0 Å². The fraction of sp³-hybridized carbons (Fsp3) is 0.200. The van der Waals surface area contributed by atoms with Crippen LogP contribution in [0.1, 0.15) is 0 Å². The second-order valence-electron chi connectivity index (χ2n) is 1.86. The highest BCUT2D eigenvalue weighted by molar-refractivity contribution is 6.80. The molecule has 0 saturated carbocycles. The molecule has 6 heteroatoms. The predicted octanol–water partition coefficient (Wildman–Crippen LogP) is 2.00. The van der Waals surface area contributed by atoms with Gasteiger partial charge in [-0.3, -0.25) is 9.59 Å². The summed E-state index contributed by atoms with van der Waals surface area (Å²) in [4.78, 5) is 21.6. The van der Waals surface area contributed by atoms with E-state index in [1.165, 1.54) is 0 Å². The van der Waals surface area contributed by atoms with Gasteiger partial charge in [-0.2, -0.15) is 0 Å². The summed E-state index contributed by atoms with van der Waals surface area (Å²) in [6, 6.07) is 0. The van der Waals surface area contributed by atoms with E-state index in [-0.39, 0.29) is 5.03 Å². The van der Waals surface area contributed by atoms with Gasteiger partial charge in [0.25, 0.3) is 0 Å². The second-order valence-corrected chi connectivity index (χ2v) is 3.94. The van der Waals surface area contributed by atoms with Gasteiger partial charge >= 0.3 is 0 Å². The van der Waals surface area contributed by atoms with E-state index < -0.39 is 20.9 Å². The molecule has 0 unspecified atom stereocenters. The Morgan fingerprint density at radius 1 is 1.09 bits per heavy atom. The van der Waals surface area contributed by atoms with Crippen molar-refractivity contribution in [3.63, 3.8) is 0 Å². The van der Waals surface area contributed by atoms with Gasteiger partial charge in [0.15, 0.2) is 0 Å². The summed E-state index contributed by atoms with van der Waals surface area (Å²) >= 11 is 21.4. The number of hydrogen-bond donors (Lipinski definition) is 0. The van der Waals surface area contributed by atoms with Crippen LogP contribution in [0.5, 0.6) is 0 Å². The van der Waals surface area contributed by atoms with Gasteiger partial charge in [0.2, 0.25) is 15.9 Å². The fourth-order valence-corrected chi connectivity index (χ4v) is 1.44. The van der Waals surface area contributed by atoms with Gasteiger partial charge in [0, 0.05) is 0 Å². The van der Waals surface area contributed by atoms with E-state index in [9.17, 15) is 9.59 Å². The van der Waals surface area contributed by atoms with Crippen molar-refractivity contribution in [2.75, 3.05) is 0 Å². The molecule has 0 heterocycles. The lowest BCUT2D eigenvalue weighted by Gasteiger charge is -2.06. The summed E-state index contributed by atoms with van der Waals surface area (Å²) in [6.45, 7) is 0.